The Morgan fingerprint density at radius 3 is 2.16 bits per heavy atom. The van der Waals surface area contributed by atoms with Crippen molar-refractivity contribution in [2.75, 3.05) is 19.6 Å². The zero-order valence-corrected chi connectivity index (χ0v) is 19.6. The summed E-state index contributed by atoms with van der Waals surface area (Å²) in [6.45, 7) is 1.69. The molecule has 7 nitrogen and oxygen atoms in total. The molecular formula is C24H35N3O4S. The Balaban J connectivity index is 1.34. The number of carbonyl (C=O) groups excluding carboxylic acids is 2. The van der Waals surface area contributed by atoms with Crippen LogP contribution < -0.4 is 5.32 Å². The van der Waals surface area contributed by atoms with Crippen LogP contribution in [0, 0.1) is 5.92 Å². The highest BCUT2D eigenvalue weighted by molar-refractivity contribution is 7.89. The maximum absolute atomic E-state index is 13.2. The molecule has 3 fully saturated rings. The van der Waals surface area contributed by atoms with E-state index in [0.29, 0.717) is 26.1 Å². The average Bonchev–Trinajstić information content (AvgIpc) is 2.85. The summed E-state index contributed by atoms with van der Waals surface area (Å²) < 4.78 is 27.7. The van der Waals surface area contributed by atoms with Crippen molar-refractivity contribution in [3.63, 3.8) is 0 Å². The molecule has 2 heterocycles. The van der Waals surface area contributed by atoms with E-state index in [2.05, 4.69) is 5.32 Å². The molecular weight excluding hydrogens is 426 g/mol. The maximum Gasteiger partial charge on any atom is 0.243 e. The van der Waals surface area contributed by atoms with Gasteiger partial charge in [0.15, 0.2) is 0 Å². The van der Waals surface area contributed by atoms with Crippen LogP contribution in [0.3, 0.4) is 0 Å². The van der Waals surface area contributed by atoms with Crippen LogP contribution in [-0.2, 0) is 19.6 Å². The zero-order valence-electron chi connectivity index (χ0n) is 18.7. The van der Waals surface area contributed by atoms with Gasteiger partial charge in [0.25, 0.3) is 0 Å². The lowest BCUT2D eigenvalue weighted by Gasteiger charge is -2.37. The molecule has 2 saturated heterocycles. The van der Waals surface area contributed by atoms with Gasteiger partial charge in [0.2, 0.25) is 21.8 Å². The number of sulfonamides is 1. The van der Waals surface area contributed by atoms with E-state index in [1.54, 1.807) is 30.3 Å². The van der Waals surface area contributed by atoms with Crippen molar-refractivity contribution < 1.29 is 18.0 Å². The lowest BCUT2D eigenvalue weighted by molar-refractivity contribution is -0.137. The van der Waals surface area contributed by atoms with Gasteiger partial charge in [-0.1, -0.05) is 43.9 Å². The molecule has 1 unspecified atom stereocenters. The van der Waals surface area contributed by atoms with Gasteiger partial charge < -0.3 is 10.2 Å². The van der Waals surface area contributed by atoms with Gasteiger partial charge >= 0.3 is 0 Å². The molecule has 0 radical (unpaired) electrons. The van der Waals surface area contributed by atoms with Crippen LogP contribution in [-0.4, -0.2) is 61.2 Å². The third-order valence-electron chi connectivity index (χ3n) is 7.21. The lowest BCUT2D eigenvalue weighted by Crippen LogP contribution is -2.55. The molecule has 3 aliphatic rings. The van der Waals surface area contributed by atoms with Gasteiger partial charge in [-0.25, -0.2) is 8.42 Å². The second-order valence-electron chi connectivity index (χ2n) is 9.38. The first-order valence-electron chi connectivity index (χ1n) is 12.1. The molecule has 2 amide bonds. The van der Waals surface area contributed by atoms with Gasteiger partial charge in [-0.15, -0.1) is 0 Å². The standard InChI is InChI=1S/C24H35N3O4S/c28-23(22-13-7-8-16-27(22)32(30,31)21-11-5-2-6-12-21)25-20-14-17-26(18-15-20)24(29)19-9-3-1-4-10-19/h2,5-6,11-12,19-20,22H,1,3-4,7-10,13-18H2,(H,25,28). The quantitative estimate of drug-likeness (QED) is 0.730. The summed E-state index contributed by atoms with van der Waals surface area (Å²) in [6, 6.07) is 7.67. The Bertz CT molecular complexity index is 891. The van der Waals surface area contributed by atoms with Crippen LogP contribution in [0.25, 0.3) is 0 Å². The van der Waals surface area contributed by atoms with E-state index < -0.39 is 16.1 Å². The topological polar surface area (TPSA) is 86.8 Å². The number of rotatable bonds is 5. The van der Waals surface area contributed by atoms with E-state index in [9.17, 15) is 18.0 Å². The summed E-state index contributed by atoms with van der Waals surface area (Å²) in [5.41, 5.74) is 0. The van der Waals surface area contributed by atoms with E-state index in [-0.39, 0.29) is 28.7 Å². The third kappa shape index (κ3) is 5.17. The van der Waals surface area contributed by atoms with E-state index in [4.69, 9.17) is 0 Å². The molecule has 1 atom stereocenters. The van der Waals surface area contributed by atoms with E-state index in [1.807, 2.05) is 4.90 Å². The van der Waals surface area contributed by atoms with Crippen molar-refractivity contribution in [2.24, 2.45) is 5.92 Å². The Labute approximate surface area is 191 Å². The first-order chi connectivity index (χ1) is 15.5. The molecule has 4 rings (SSSR count). The van der Waals surface area contributed by atoms with Crippen LogP contribution in [0.5, 0.6) is 0 Å². The van der Waals surface area contributed by atoms with Crippen molar-refractivity contribution in [3.8, 4) is 0 Å². The van der Waals surface area contributed by atoms with Crippen LogP contribution in [0.1, 0.15) is 64.2 Å². The van der Waals surface area contributed by atoms with Crippen LogP contribution in [0.4, 0.5) is 0 Å². The van der Waals surface area contributed by atoms with Crippen LogP contribution in [0.2, 0.25) is 0 Å². The average molecular weight is 462 g/mol. The minimum Gasteiger partial charge on any atom is -0.352 e. The molecule has 0 bridgehead atoms. The van der Waals surface area contributed by atoms with E-state index in [0.717, 1.165) is 51.4 Å². The maximum atomic E-state index is 13.2. The molecule has 1 saturated carbocycles. The minimum absolute atomic E-state index is 0.0129. The summed E-state index contributed by atoms with van der Waals surface area (Å²) in [5.74, 6) is 0.247. The predicted molar refractivity (Wildman–Crippen MR) is 122 cm³/mol. The van der Waals surface area contributed by atoms with Crippen molar-refractivity contribution in [3.05, 3.63) is 30.3 Å². The highest BCUT2D eigenvalue weighted by Crippen LogP contribution is 2.28. The molecule has 1 aromatic rings. The fourth-order valence-corrected chi connectivity index (χ4v) is 7.01. The molecule has 2 aliphatic heterocycles. The Morgan fingerprint density at radius 2 is 1.47 bits per heavy atom. The van der Waals surface area contributed by atoms with Gasteiger partial charge in [0.05, 0.1) is 4.90 Å². The number of likely N-dealkylation sites (tertiary alicyclic amines) is 1. The summed E-state index contributed by atoms with van der Waals surface area (Å²) in [5, 5.41) is 3.10. The lowest BCUT2D eigenvalue weighted by atomic mass is 9.87. The van der Waals surface area contributed by atoms with E-state index in [1.165, 1.54) is 10.7 Å². The molecule has 1 aliphatic carbocycles. The SMILES string of the molecule is O=C(NC1CCN(C(=O)C2CCCCC2)CC1)C1CCCCN1S(=O)(=O)c1ccccc1. The summed E-state index contributed by atoms with van der Waals surface area (Å²) in [6.07, 6.45) is 9.12. The van der Waals surface area contributed by atoms with Crippen LogP contribution in [0.15, 0.2) is 35.2 Å². The van der Waals surface area contributed by atoms with Gasteiger partial charge in [0, 0.05) is 31.6 Å². The summed E-state index contributed by atoms with van der Waals surface area (Å²) >= 11 is 0. The predicted octanol–water partition coefficient (Wildman–Crippen LogP) is 2.92. The smallest absolute Gasteiger partial charge is 0.243 e. The normalized spacial score (nSPS) is 24.2. The second-order valence-corrected chi connectivity index (χ2v) is 11.3. The number of piperidine rings is 2. The molecule has 32 heavy (non-hydrogen) atoms. The van der Waals surface area contributed by atoms with Gasteiger partial charge in [0.1, 0.15) is 6.04 Å². The number of nitrogens with one attached hydrogen (secondary N) is 1. The Morgan fingerprint density at radius 1 is 0.812 bits per heavy atom. The van der Waals surface area contributed by atoms with Gasteiger partial charge in [-0.3, -0.25) is 9.59 Å². The summed E-state index contributed by atoms with van der Waals surface area (Å²) in [7, 11) is -3.71. The van der Waals surface area contributed by atoms with Crippen molar-refractivity contribution in [1.82, 2.24) is 14.5 Å². The zero-order chi connectivity index (χ0) is 22.6. The highest BCUT2D eigenvalue weighted by Gasteiger charge is 2.38. The number of hydrogen-bond acceptors (Lipinski definition) is 4. The van der Waals surface area contributed by atoms with Gasteiger partial charge in [-0.05, 0) is 50.7 Å². The number of nitrogens with zero attached hydrogens (tertiary/aromatic N) is 2. The fraction of sp³-hybridized carbons (Fsp3) is 0.667. The summed E-state index contributed by atoms with van der Waals surface area (Å²) in [4.78, 5) is 28.1. The number of amides is 2. The molecule has 0 aromatic heterocycles. The Hall–Kier alpha value is -1.93. The molecule has 0 spiro atoms. The van der Waals surface area contributed by atoms with Crippen LogP contribution >= 0.6 is 0 Å². The number of hydrogen-bond donors (Lipinski definition) is 1. The first kappa shape index (κ1) is 23.2. The molecule has 8 heteroatoms. The van der Waals surface area contributed by atoms with Gasteiger partial charge in [-0.2, -0.15) is 4.31 Å². The highest BCUT2D eigenvalue weighted by atomic mass is 32.2. The number of carbonyl (C=O) groups is 2. The minimum atomic E-state index is -3.71. The van der Waals surface area contributed by atoms with E-state index >= 15 is 0 Å². The third-order valence-corrected chi connectivity index (χ3v) is 9.14. The largest absolute Gasteiger partial charge is 0.352 e. The molecule has 176 valence electrons. The Kier molecular flexibility index (Phi) is 7.51. The second kappa shape index (κ2) is 10.3. The monoisotopic (exact) mass is 461 g/mol. The fourth-order valence-electron chi connectivity index (χ4n) is 5.33. The van der Waals surface area contributed by atoms with Crippen molar-refractivity contribution >= 4 is 21.8 Å². The van der Waals surface area contributed by atoms with Crippen molar-refractivity contribution in [2.45, 2.75) is 81.2 Å². The molecule has 1 aromatic carbocycles. The molecule has 1 N–H and O–H groups in total. The van der Waals surface area contributed by atoms with Crippen molar-refractivity contribution in [1.29, 1.82) is 0 Å². The first-order valence-corrected chi connectivity index (χ1v) is 13.6. The number of benzene rings is 1.